The van der Waals surface area contributed by atoms with E-state index in [1.54, 1.807) is 13.0 Å². The maximum atomic E-state index is 13.0. The van der Waals surface area contributed by atoms with Crippen LogP contribution in [0.1, 0.15) is 24.1 Å². The Bertz CT molecular complexity index is 686. The minimum absolute atomic E-state index is 0.0967. The number of halogens is 2. The molecule has 0 amide bonds. The maximum Gasteiger partial charge on any atom is 0.216 e. The van der Waals surface area contributed by atoms with Crippen LogP contribution in [0.5, 0.6) is 0 Å². The molecule has 0 saturated carbocycles. The average molecular weight is 318 g/mol. The SMILES string of the molecule is CC(NS(=O)(=O)Cc1ccc(F)c(Cl)c1)c1ccoc1. The summed E-state index contributed by atoms with van der Waals surface area (Å²) < 4.78 is 44.5. The van der Waals surface area contributed by atoms with Gasteiger partial charge >= 0.3 is 0 Å². The molecule has 108 valence electrons. The molecule has 1 aromatic heterocycles. The van der Waals surface area contributed by atoms with Gasteiger partial charge in [-0.15, -0.1) is 0 Å². The van der Waals surface area contributed by atoms with Gasteiger partial charge in [0.1, 0.15) is 5.82 Å². The van der Waals surface area contributed by atoms with Gasteiger partial charge in [-0.2, -0.15) is 0 Å². The highest BCUT2D eigenvalue weighted by atomic mass is 35.5. The van der Waals surface area contributed by atoms with Crippen molar-refractivity contribution in [3.8, 4) is 0 Å². The molecule has 20 heavy (non-hydrogen) atoms. The lowest BCUT2D eigenvalue weighted by Gasteiger charge is -2.12. The Morgan fingerprint density at radius 3 is 2.75 bits per heavy atom. The van der Waals surface area contributed by atoms with Crippen LogP contribution in [0, 0.1) is 5.82 Å². The third kappa shape index (κ3) is 3.82. The van der Waals surface area contributed by atoms with Gasteiger partial charge in [0.15, 0.2) is 0 Å². The molecule has 0 radical (unpaired) electrons. The second kappa shape index (κ2) is 5.95. The molecular formula is C13H13ClFNO3S. The summed E-state index contributed by atoms with van der Waals surface area (Å²) in [5, 5.41) is -0.0967. The van der Waals surface area contributed by atoms with Crippen LogP contribution in [0.3, 0.4) is 0 Å². The van der Waals surface area contributed by atoms with E-state index in [0.717, 1.165) is 11.6 Å². The second-order valence-corrected chi connectivity index (χ2v) is 6.56. The molecule has 0 aliphatic carbocycles. The monoisotopic (exact) mass is 317 g/mol. The molecule has 2 rings (SSSR count). The second-order valence-electron chi connectivity index (χ2n) is 4.40. The smallest absolute Gasteiger partial charge is 0.216 e. The Balaban J connectivity index is 2.09. The van der Waals surface area contributed by atoms with Crippen molar-refractivity contribution in [2.75, 3.05) is 0 Å². The van der Waals surface area contributed by atoms with E-state index in [1.165, 1.54) is 24.7 Å². The van der Waals surface area contributed by atoms with E-state index in [9.17, 15) is 12.8 Å². The number of hydrogen-bond donors (Lipinski definition) is 1. The molecule has 1 unspecified atom stereocenters. The summed E-state index contributed by atoms with van der Waals surface area (Å²) in [6, 6.07) is 5.12. The summed E-state index contributed by atoms with van der Waals surface area (Å²) in [4.78, 5) is 0. The fourth-order valence-corrected chi connectivity index (χ4v) is 3.33. The summed E-state index contributed by atoms with van der Waals surface area (Å²) in [7, 11) is -3.56. The van der Waals surface area contributed by atoms with E-state index in [0.29, 0.717) is 5.56 Å². The fourth-order valence-electron chi connectivity index (χ4n) is 1.75. The van der Waals surface area contributed by atoms with Crippen LogP contribution >= 0.6 is 11.6 Å². The van der Waals surface area contributed by atoms with Gasteiger partial charge in [-0.3, -0.25) is 0 Å². The van der Waals surface area contributed by atoms with Gasteiger partial charge in [0.25, 0.3) is 0 Å². The van der Waals surface area contributed by atoms with Crippen molar-refractivity contribution >= 4 is 21.6 Å². The molecule has 0 bridgehead atoms. The van der Waals surface area contributed by atoms with Crippen LogP contribution in [0.4, 0.5) is 4.39 Å². The van der Waals surface area contributed by atoms with Gasteiger partial charge in [0.05, 0.1) is 23.3 Å². The lowest BCUT2D eigenvalue weighted by atomic mass is 10.2. The molecule has 0 spiro atoms. The van der Waals surface area contributed by atoms with E-state index in [1.807, 2.05) is 0 Å². The Morgan fingerprint density at radius 1 is 1.40 bits per heavy atom. The van der Waals surface area contributed by atoms with Crippen LogP contribution in [0.2, 0.25) is 5.02 Å². The van der Waals surface area contributed by atoms with Gasteiger partial charge in [0.2, 0.25) is 10.0 Å². The predicted molar refractivity (Wildman–Crippen MR) is 74.3 cm³/mol. The minimum atomic E-state index is -3.56. The van der Waals surface area contributed by atoms with E-state index in [4.69, 9.17) is 16.0 Å². The average Bonchev–Trinajstić information content (AvgIpc) is 2.86. The van der Waals surface area contributed by atoms with Gasteiger partial charge in [-0.05, 0) is 30.7 Å². The van der Waals surface area contributed by atoms with Crippen LogP contribution in [0.25, 0.3) is 0 Å². The van der Waals surface area contributed by atoms with Gasteiger partial charge in [-0.25, -0.2) is 17.5 Å². The number of hydrogen-bond acceptors (Lipinski definition) is 3. The van der Waals surface area contributed by atoms with Crippen molar-refractivity contribution in [3.05, 3.63) is 58.8 Å². The van der Waals surface area contributed by atoms with Gasteiger partial charge in [-0.1, -0.05) is 17.7 Å². The Morgan fingerprint density at radius 2 is 2.15 bits per heavy atom. The molecule has 1 heterocycles. The van der Waals surface area contributed by atoms with Crippen LogP contribution in [0.15, 0.2) is 41.2 Å². The van der Waals surface area contributed by atoms with Crippen molar-refractivity contribution in [3.63, 3.8) is 0 Å². The molecule has 0 aliphatic heterocycles. The first kappa shape index (κ1) is 15.0. The molecule has 0 fully saturated rings. The first-order chi connectivity index (χ1) is 9.37. The Hall–Kier alpha value is -1.37. The zero-order valence-electron chi connectivity index (χ0n) is 10.6. The van der Waals surface area contributed by atoms with Crippen molar-refractivity contribution in [1.82, 2.24) is 4.72 Å². The third-order valence-electron chi connectivity index (χ3n) is 2.74. The number of nitrogens with one attached hydrogen (secondary N) is 1. The van der Waals surface area contributed by atoms with Crippen LogP contribution < -0.4 is 4.72 Å². The molecular weight excluding hydrogens is 305 g/mol. The molecule has 2 aromatic rings. The summed E-state index contributed by atoms with van der Waals surface area (Å²) >= 11 is 5.63. The lowest BCUT2D eigenvalue weighted by Crippen LogP contribution is -2.27. The normalized spacial score (nSPS) is 13.3. The lowest BCUT2D eigenvalue weighted by molar-refractivity contribution is 0.549. The first-order valence-corrected chi connectivity index (χ1v) is 7.86. The van der Waals surface area contributed by atoms with Crippen LogP contribution in [-0.2, 0) is 15.8 Å². The Kier molecular flexibility index (Phi) is 4.47. The van der Waals surface area contributed by atoms with Gasteiger partial charge in [0, 0.05) is 11.6 Å². The van der Waals surface area contributed by atoms with E-state index >= 15 is 0 Å². The quantitative estimate of drug-likeness (QED) is 0.921. The third-order valence-corrected chi connectivity index (χ3v) is 4.46. The number of furan rings is 1. The molecule has 1 atom stereocenters. The highest BCUT2D eigenvalue weighted by molar-refractivity contribution is 7.88. The van der Waals surface area contributed by atoms with Crippen molar-refractivity contribution in [2.45, 2.75) is 18.7 Å². The van der Waals surface area contributed by atoms with E-state index in [2.05, 4.69) is 4.72 Å². The molecule has 1 aromatic carbocycles. The zero-order valence-corrected chi connectivity index (χ0v) is 12.2. The van der Waals surface area contributed by atoms with Gasteiger partial charge < -0.3 is 4.42 Å². The molecule has 1 N–H and O–H groups in total. The fraction of sp³-hybridized carbons (Fsp3) is 0.231. The largest absolute Gasteiger partial charge is 0.472 e. The molecule has 0 saturated heterocycles. The van der Waals surface area contributed by atoms with Crippen molar-refractivity contribution in [2.24, 2.45) is 0 Å². The number of benzene rings is 1. The van der Waals surface area contributed by atoms with E-state index < -0.39 is 21.9 Å². The highest BCUT2D eigenvalue weighted by Crippen LogP contribution is 2.19. The van der Waals surface area contributed by atoms with Crippen molar-refractivity contribution < 1.29 is 17.2 Å². The van der Waals surface area contributed by atoms with Crippen molar-refractivity contribution in [1.29, 1.82) is 0 Å². The topological polar surface area (TPSA) is 59.3 Å². The summed E-state index contributed by atoms with van der Waals surface area (Å²) in [6.07, 6.45) is 2.95. The van der Waals surface area contributed by atoms with E-state index in [-0.39, 0.29) is 10.8 Å². The summed E-state index contributed by atoms with van der Waals surface area (Å²) in [6.45, 7) is 1.71. The van der Waals surface area contributed by atoms with Crippen LogP contribution in [-0.4, -0.2) is 8.42 Å². The molecule has 4 nitrogen and oxygen atoms in total. The standard InChI is InChI=1S/C13H13ClFNO3S/c1-9(11-4-5-19-7-11)16-20(17,18)8-10-2-3-13(15)12(14)6-10/h2-7,9,16H,8H2,1H3. The molecule has 0 aliphatic rings. The highest BCUT2D eigenvalue weighted by Gasteiger charge is 2.17. The first-order valence-electron chi connectivity index (χ1n) is 5.83. The minimum Gasteiger partial charge on any atom is -0.472 e. The predicted octanol–water partition coefficient (Wildman–Crippen LogP) is 3.25. The number of sulfonamides is 1. The summed E-state index contributed by atoms with van der Waals surface area (Å²) in [5.41, 5.74) is 1.15. The maximum absolute atomic E-state index is 13.0. The number of rotatable bonds is 5. The molecule has 7 heteroatoms. The zero-order chi connectivity index (χ0) is 14.8. The summed E-state index contributed by atoms with van der Waals surface area (Å²) in [5.74, 6) is -0.845. The Labute approximate surface area is 121 Å².